The highest BCUT2D eigenvalue weighted by Crippen LogP contribution is 2.31. The second kappa shape index (κ2) is 17.8. The molecule has 1 amide bonds. The Kier molecular flexibility index (Phi) is 14.3. The fourth-order valence-corrected chi connectivity index (χ4v) is 5.42. The monoisotopic (exact) mass is 698 g/mol. The molecular formula is C27H46N4O17. The van der Waals surface area contributed by atoms with Gasteiger partial charge in [-0.05, 0) is 6.92 Å². The maximum absolute atomic E-state index is 11.7. The van der Waals surface area contributed by atoms with Gasteiger partial charge in [-0.3, -0.25) is 4.79 Å². The zero-order valence-corrected chi connectivity index (χ0v) is 26.1. The Bertz CT molecular complexity index is 1130. The molecule has 276 valence electrons. The van der Waals surface area contributed by atoms with Crippen LogP contribution in [0.4, 0.5) is 0 Å². The van der Waals surface area contributed by atoms with Crippen molar-refractivity contribution in [1.29, 1.82) is 0 Å². The lowest BCUT2D eigenvalue weighted by Gasteiger charge is -2.46. The first-order valence-corrected chi connectivity index (χ1v) is 15.6. The van der Waals surface area contributed by atoms with E-state index in [1.54, 1.807) is 13.1 Å². The molecule has 4 heterocycles. The Morgan fingerprint density at radius 3 is 2.00 bits per heavy atom. The van der Waals surface area contributed by atoms with Crippen LogP contribution < -0.4 is 5.32 Å². The third kappa shape index (κ3) is 9.19. The Balaban J connectivity index is 1.43. The lowest BCUT2D eigenvalue weighted by atomic mass is 9.96. The van der Waals surface area contributed by atoms with Crippen LogP contribution in [0.3, 0.4) is 0 Å². The van der Waals surface area contributed by atoms with Gasteiger partial charge in [-0.2, -0.15) is 0 Å². The number of hydrogen-bond donors (Lipinski definition) is 11. The van der Waals surface area contributed by atoms with Crippen molar-refractivity contribution in [3.05, 3.63) is 11.9 Å². The largest absolute Gasteiger partial charge is 0.394 e. The number of carbonyl (C=O) groups is 1. The van der Waals surface area contributed by atoms with E-state index >= 15 is 0 Å². The molecule has 0 saturated carbocycles. The third-order valence-electron chi connectivity index (χ3n) is 8.23. The van der Waals surface area contributed by atoms with Gasteiger partial charge < -0.3 is 84.8 Å². The third-order valence-corrected chi connectivity index (χ3v) is 8.23. The standard InChI is InChI=1S/C27H46N4O17/c1-2-28-15(34)4-3-11-7-31(30-29-11)5-6-43-26-23(42)24(48-27-22(41)20(39)17(36)13(9-33)46-27)18(37)14(47-26)10-44-25-21(40)19(38)16(35)12(8-32)45-25/h7,12-14,16-27,32-33,35-42H,2-6,8-10H2,1H3,(H,28,34)/t12-,13-,14-,16-,17-,18-,19+,20+,21+,22+,23+,24+,25+,26+,27-/m1/s1. The molecule has 0 bridgehead atoms. The van der Waals surface area contributed by atoms with Gasteiger partial charge in [-0.15, -0.1) is 5.10 Å². The van der Waals surface area contributed by atoms with Crippen molar-refractivity contribution in [3.63, 3.8) is 0 Å². The molecule has 4 rings (SSSR count). The fraction of sp³-hybridized carbons (Fsp3) is 0.889. The highest BCUT2D eigenvalue weighted by Gasteiger charge is 2.52. The van der Waals surface area contributed by atoms with Crippen LogP contribution in [0, 0.1) is 0 Å². The SMILES string of the molecule is CCNC(=O)CCc1cn(CCO[C@H]2O[C@H](CO[C@H]3O[C@H](CO)[C@@H](O)[C@H](O)[C@@H]3O)[C@@H](O)[C@H](O[C@H]3O[C@H](CO)[C@@H](O)[C@H](O)[C@@H]3O)[C@@H]2O)nn1. The first-order valence-electron chi connectivity index (χ1n) is 15.6. The van der Waals surface area contributed by atoms with Gasteiger partial charge in [0.15, 0.2) is 18.9 Å². The molecule has 1 aromatic rings. The molecule has 0 aromatic carbocycles. The second-order valence-corrected chi connectivity index (χ2v) is 11.6. The highest BCUT2D eigenvalue weighted by atomic mass is 16.7. The number of aliphatic hydroxyl groups excluding tert-OH is 10. The lowest BCUT2D eigenvalue weighted by Crippen LogP contribution is -2.65. The van der Waals surface area contributed by atoms with Gasteiger partial charge in [0.05, 0.1) is 38.7 Å². The van der Waals surface area contributed by atoms with Gasteiger partial charge in [0.2, 0.25) is 5.91 Å². The zero-order valence-electron chi connectivity index (χ0n) is 26.1. The molecule has 3 fully saturated rings. The summed E-state index contributed by atoms with van der Waals surface area (Å²) in [5, 5.41) is 113. The smallest absolute Gasteiger partial charge is 0.220 e. The minimum atomic E-state index is -1.87. The van der Waals surface area contributed by atoms with Gasteiger partial charge in [0.1, 0.15) is 73.2 Å². The number of carbonyl (C=O) groups excluding carboxylic acids is 1. The fourth-order valence-electron chi connectivity index (χ4n) is 5.42. The van der Waals surface area contributed by atoms with Crippen LogP contribution in [0.5, 0.6) is 0 Å². The molecule has 3 saturated heterocycles. The van der Waals surface area contributed by atoms with E-state index in [9.17, 15) is 55.9 Å². The van der Waals surface area contributed by atoms with E-state index in [1.807, 2.05) is 0 Å². The van der Waals surface area contributed by atoms with Crippen LogP contribution in [-0.4, -0.2) is 197 Å². The Labute approximate surface area is 274 Å². The zero-order chi connectivity index (χ0) is 35.1. The van der Waals surface area contributed by atoms with Gasteiger partial charge in [-0.1, -0.05) is 5.21 Å². The van der Waals surface area contributed by atoms with E-state index in [1.165, 1.54) is 4.68 Å². The predicted octanol–water partition coefficient (Wildman–Crippen LogP) is -7.19. The average Bonchev–Trinajstić information content (AvgIpc) is 3.53. The van der Waals surface area contributed by atoms with Gasteiger partial charge in [0.25, 0.3) is 0 Å². The topological polar surface area (TPSA) is 317 Å². The van der Waals surface area contributed by atoms with Crippen LogP contribution in [0.2, 0.25) is 0 Å². The molecule has 0 radical (unpaired) electrons. The van der Waals surface area contributed by atoms with E-state index in [2.05, 4.69) is 15.6 Å². The number of nitrogens with zero attached hydrogens (tertiary/aromatic N) is 3. The van der Waals surface area contributed by atoms with Crippen molar-refractivity contribution in [2.24, 2.45) is 0 Å². The molecule has 11 N–H and O–H groups in total. The summed E-state index contributed by atoms with van der Waals surface area (Å²) in [5.74, 6) is -0.133. The van der Waals surface area contributed by atoms with E-state index in [-0.39, 0.29) is 25.5 Å². The van der Waals surface area contributed by atoms with Gasteiger partial charge in [0, 0.05) is 25.6 Å². The van der Waals surface area contributed by atoms with Crippen LogP contribution in [0.15, 0.2) is 6.20 Å². The Hall–Kier alpha value is -2.03. The molecule has 1 aromatic heterocycles. The Morgan fingerprint density at radius 1 is 0.792 bits per heavy atom. The molecular weight excluding hydrogens is 652 g/mol. The number of nitrogens with one attached hydrogen (secondary N) is 1. The number of rotatable bonds is 15. The second-order valence-electron chi connectivity index (χ2n) is 11.6. The van der Waals surface area contributed by atoms with Gasteiger partial charge >= 0.3 is 0 Å². The minimum Gasteiger partial charge on any atom is -0.394 e. The molecule has 0 unspecified atom stereocenters. The van der Waals surface area contributed by atoms with E-state index < -0.39 is 112 Å². The molecule has 21 heteroatoms. The molecule has 0 spiro atoms. The normalized spacial score (nSPS) is 40.5. The highest BCUT2D eigenvalue weighted by molar-refractivity contribution is 5.75. The van der Waals surface area contributed by atoms with E-state index in [4.69, 9.17) is 28.4 Å². The van der Waals surface area contributed by atoms with Crippen LogP contribution >= 0.6 is 0 Å². The van der Waals surface area contributed by atoms with Crippen molar-refractivity contribution < 1.29 is 84.3 Å². The maximum atomic E-state index is 11.7. The number of aryl methyl sites for hydroxylation is 1. The van der Waals surface area contributed by atoms with Crippen molar-refractivity contribution in [2.45, 2.75) is 118 Å². The quantitative estimate of drug-likeness (QED) is 0.0810. The van der Waals surface area contributed by atoms with Crippen LogP contribution in [-0.2, 0) is 46.2 Å². The molecule has 0 aliphatic carbocycles. The summed E-state index contributed by atoms with van der Waals surface area (Å²) < 4.78 is 34.8. The van der Waals surface area contributed by atoms with E-state index in [0.717, 1.165) is 0 Å². The number of aromatic nitrogens is 3. The molecule has 48 heavy (non-hydrogen) atoms. The summed E-state index contributed by atoms with van der Waals surface area (Å²) in [6.07, 6.45) is -22.5. The van der Waals surface area contributed by atoms with Crippen molar-refractivity contribution in [2.75, 3.05) is 33.0 Å². The summed E-state index contributed by atoms with van der Waals surface area (Å²) in [5.41, 5.74) is 0.553. The van der Waals surface area contributed by atoms with Gasteiger partial charge in [-0.25, -0.2) is 4.68 Å². The minimum absolute atomic E-state index is 0.105. The first kappa shape index (κ1) is 38.8. The number of aliphatic hydroxyl groups is 10. The first-order chi connectivity index (χ1) is 22.9. The Morgan fingerprint density at radius 2 is 1.38 bits per heavy atom. The van der Waals surface area contributed by atoms with Crippen LogP contribution in [0.25, 0.3) is 0 Å². The molecule has 3 aliphatic heterocycles. The summed E-state index contributed by atoms with van der Waals surface area (Å²) in [6, 6.07) is 0. The summed E-state index contributed by atoms with van der Waals surface area (Å²) in [7, 11) is 0. The van der Waals surface area contributed by atoms with Crippen LogP contribution in [0.1, 0.15) is 19.0 Å². The molecule has 3 aliphatic rings. The molecule has 15 atom stereocenters. The summed E-state index contributed by atoms with van der Waals surface area (Å²) in [4.78, 5) is 11.7. The summed E-state index contributed by atoms with van der Waals surface area (Å²) in [6.45, 7) is 0.207. The number of hydrogen-bond acceptors (Lipinski definition) is 19. The van der Waals surface area contributed by atoms with Crippen molar-refractivity contribution in [3.8, 4) is 0 Å². The molecule has 21 nitrogen and oxygen atoms in total. The summed E-state index contributed by atoms with van der Waals surface area (Å²) >= 11 is 0. The number of ether oxygens (including phenoxy) is 6. The maximum Gasteiger partial charge on any atom is 0.220 e. The number of amides is 1. The lowest BCUT2D eigenvalue weighted by molar-refractivity contribution is -0.366. The van der Waals surface area contributed by atoms with E-state index in [0.29, 0.717) is 18.7 Å². The predicted molar refractivity (Wildman–Crippen MR) is 152 cm³/mol. The van der Waals surface area contributed by atoms with Crippen molar-refractivity contribution >= 4 is 5.91 Å². The van der Waals surface area contributed by atoms with Crippen molar-refractivity contribution in [1.82, 2.24) is 20.3 Å². The average molecular weight is 699 g/mol.